The van der Waals surface area contributed by atoms with Gasteiger partial charge in [-0.25, -0.2) is 4.98 Å². The standard InChI is InChI=1S/C10H17N5O/c1-7-13-9(15-14-7)10(16)12-6-8-3-2-4-11-5-8/h8,11H,2-6H2,1H3,(H,12,16)(H,13,14,15). The maximum Gasteiger partial charge on any atom is 0.290 e. The van der Waals surface area contributed by atoms with Crippen LogP contribution in [0.5, 0.6) is 0 Å². The van der Waals surface area contributed by atoms with Crippen molar-refractivity contribution in [1.29, 1.82) is 0 Å². The summed E-state index contributed by atoms with van der Waals surface area (Å²) in [7, 11) is 0. The van der Waals surface area contributed by atoms with Gasteiger partial charge >= 0.3 is 0 Å². The van der Waals surface area contributed by atoms with Crippen molar-refractivity contribution >= 4 is 5.91 Å². The molecule has 6 nitrogen and oxygen atoms in total. The molecule has 0 radical (unpaired) electrons. The summed E-state index contributed by atoms with van der Waals surface area (Å²) in [5.74, 6) is 1.21. The van der Waals surface area contributed by atoms with Crippen LogP contribution < -0.4 is 10.6 Å². The SMILES string of the molecule is Cc1nc(C(=O)NCC2CCCNC2)n[nH]1. The third-order valence-corrected chi connectivity index (χ3v) is 2.75. The van der Waals surface area contributed by atoms with E-state index in [9.17, 15) is 4.79 Å². The van der Waals surface area contributed by atoms with E-state index in [0.29, 0.717) is 18.3 Å². The van der Waals surface area contributed by atoms with Gasteiger partial charge in [0.15, 0.2) is 0 Å². The summed E-state index contributed by atoms with van der Waals surface area (Å²) in [5.41, 5.74) is 0. The molecular weight excluding hydrogens is 206 g/mol. The molecule has 0 spiro atoms. The molecule has 2 rings (SSSR count). The highest BCUT2D eigenvalue weighted by Gasteiger charge is 2.16. The summed E-state index contributed by atoms with van der Waals surface area (Å²) in [4.78, 5) is 15.6. The van der Waals surface area contributed by atoms with Gasteiger partial charge in [0.25, 0.3) is 5.91 Å². The molecule has 1 saturated heterocycles. The van der Waals surface area contributed by atoms with Crippen LogP contribution in [0, 0.1) is 12.8 Å². The van der Waals surface area contributed by atoms with E-state index in [1.807, 2.05) is 0 Å². The molecule has 6 heteroatoms. The number of carbonyl (C=O) groups is 1. The average Bonchev–Trinajstić information content (AvgIpc) is 2.74. The fraction of sp³-hybridized carbons (Fsp3) is 0.700. The molecule has 3 N–H and O–H groups in total. The number of aromatic nitrogens is 3. The Balaban J connectivity index is 1.79. The third kappa shape index (κ3) is 2.79. The van der Waals surface area contributed by atoms with Gasteiger partial charge in [-0.15, -0.1) is 5.10 Å². The first kappa shape index (κ1) is 11.1. The largest absolute Gasteiger partial charge is 0.349 e. The highest BCUT2D eigenvalue weighted by Crippen LogP contribution is 2.08. The van der Waals surface area contributed by atoms with E-state index in [2.05, 4.69) is 25.8 Å². The molecule has 0 saturated carbocycles. The fourth-order valence-corrected chi connectivity index (χ4v) is 1.86. The number of nitrogens with zero attached hydrogens (tertiary/aromatic N) is 2. The van der Waals surface area contributed by atoms with Gasteiger partial charge < -0.3 is 10.6 Å². The quantitative estimate of drug-likeness (QED) is 0.665. The Kier molecular flexibility index (Phi) is 3.51. The number of carbonyl (C=O) groups excluding carboxylic acids is 1. The van der Waals surface area contributed by atoms with E-state index >= 15 is 0 Å². The first-order chi connectivity index (χ1) is 7.75. The second kappa shape index (κ2) is 5.07. The Hall–Kier alpha value is -1.43. The van der Waals surface area contributed by atoms with Gasteiger partial charge in [-0.2, -0.15) is 0 Å². The molecule has 1 unspecified atom stereocenters. The van der Waals surface area contributed by atoms with Gasteiger partial charge in [0.2, 0.25) is 5.82 Å². The first-order valence-corrected chi connectivity index (χ1v) is 5.63. The van der Waals surface area contributed by atoms with Gasteiger partial charge in [0.1, 0.15) is 5.82 Å². The van der Waals surface area contributed by atoms with Gasteiger partial charge in [0, 0.05) is 6.54 Å². The zero-order valence-electron chi connectivity index (χ0n) is 9.42. The van der Waals surface area contributed by atoms with Crippen LogP contribution in [0.2, 0.25) is 0 Å². The molecule has 1 aliphatic heterocycles. The van der Waals surface area contributed by atoms with Gasteiger partial charge in [-0.05, 0) is 38.8 Å². The molecule has 1 amide bonds. The van der Waals surface area contributed by atoms with Gasteiger partial charge in [0.05, 0.1) is 0 Å². The van der Waals surface area contributed by atoms with Crippen LogP contribution in [-0.2, 0) is 0 Å². The maximum absolute atomic E-state index is 11.6. The molecule has 1 fully saturated rings. The molecule has 1 aromatic rings. The van der Waals surface area contributed by atoms with Crippen molar-refractivity contribution in [3.63, 3.8) is 0 Å². The lowest BCUT2D eigenvalue weighted by molar-refractivity contribution is 0.0935. The van der Waals surface area contributed by atoms with Crippen molar-refractivity contribution in [3.05, 3.63) is 11.6 Å². The minimum Gasteiger partial charge on any atom is -0.349 e. The van der Waals surface area contributed by atoms with Crippen LogP contribution in [0.3, 0.4) is 0 Å². The third-order valence-electron chi connectivity index (χ3n) is 2.75. The van der Waals surface area contributed by atoms with Crippen molar-refractivity contribution in [1.82, 2.24) is 25.8 Å². The Morgan fingerprint density at radius 2 is 2.50 bits per heavy atom. The summed E-state index contributed by atoms with van der Waals surface area (Å²) in [6, 6.07) is 0. The number of aromatic amines is 1. The van der Waals surface area contributed by atoms with Crippen LogP contribution in [0.15, 0.2) is 0 Å². The Morgan fingerprint density at radius 1 is 1.62 bits per heavy atom. The molecule has 2 heterocycles. The zero-order valence-corrected chi connectivity index (χ0v) is 9.42. The molecule has 1 atom stereocenters. The summed E-state index contributed by atoms with van der Waals surface area (Å²) in [6.07, 6.45) is 2.35. The number of rotatable bonds is 3. The molecule has 0 bridgehead atoms. The highest BCUT2D eigenvalue weighted by atomic mass is 16.2. The number of piperidine rings is 1. The van der Waals surface area contributed by atoms with Crippen molar-refractivity contribution in [2.45, 2.75) is 19.8 Å². The van der Waals surface area contributed by atoms with E-state index in [4.69, 9.17) is 0 Å². The van der Waals surface area contributed by atoms with Gasteiger partial charge in [-0.1, -0.05) is 0 Å². The van der Waals surface area contributed by atoms with Crippen LogP contribution in [0.25, 0.3) is 0 Å². The van der Waals surface area contributed by atoms with Crippen molar-refractivity contribution < 1.29 is 4.79 Å². The summed E-state index contributed by atoms with van der Waals surface area (Å²) in [6.45, 7) is 4.53. The average molecular weight is 223 g/mol. The molecule has 1 aromatic heterocycles. The second-order valence-corrected chi connectivity index (χ2v) is 4.17. The van der Waals surface area contributed by atoms with E-state index in [-0.39, 0.29) is 11.7 Å². The zero-order chi connectivity index (χ0) is 11.4. The molecular formula is C10H17N5O. The number of aryl methyl sites for hydroxylation is 1. The van der Waals surface area contributed by atoms with E-state index in [1.165, 1.54) is 12.8 Å². The Bertz CT molecular complexity index is 356. The number of amides is 1. The monoisotopic (exact) mass is 223 g/mol. The minimum absolute atomic E-state index is 0.199. The second-order valence-electron chi connectivity index (χ2n) is 4.17. The Labute approximate surface area is 94.2 Å². The van der Waals surface area contributed by atoms with E-state index < -0.39 is 0 Å². The topological polar surface area (TPSA) is 82.7 Å². The van der Waals surface area contributed by atoms with Crippen molar-refractivity contribution in [2.75, 3.05) is 19.6 Å². The van der Waals surface area contributed by atoms with E-state index in [1.54, 1.807) is 6.92 Å². The Morgan fingerprint density at radius 3 is 3.12 bits per heavy atom. The predicted molar refractivity (Wildman–Crippen MR) is 59.0 cm³/mol. The predicted octanol–water partition coefficient (Wildman–Crippen LogP) is -0.157. The lowest BCUT2D eigenvalue weighted by Gasteiger charge is -2.22. The minimum atomic E-state index is -0.199. The van der Waals surface area contributed by atoms with Crippen molar-refractivity contribution in [2.24, 2.45) is 5.92 Å². The molecule has 0 aliphatic carbocycles. The van der Waals surface area contributed by atoms with Crippen LogP contribution in [0.4, 0.5) is 0 Å². The van der Waals surface area contributed by atoms with Crippen LogP contribution >= 0.6 is 0 Å². The number of hydrogen-bond donors (Lipinski definition) is 3. The van der Waals surface area contributed by atoms with Crippen LogP contribution in [-0.4, -0.2) is 40.7 Å². The van der Waals surface area contributed by atoms with Gasteiger partial charge in [-0.3, -0.25) is 9.89 Å². The van der Waals surface area contributed by atoms with Crippen molar-refractivity contribution in [3.8, 4) is 0 Å². The lowest BCUT2D eigenvalue weighted by atomic mass is 10.00. The highest BCUT2D eigenvalue weighted by molar-refractivity contribution is 5.90. The van der Waals surface area contributed by atoms with Crippen LogP contribution in [0.1, 0.15) is 29.3 Å². The molecule has 0 aromatic carbocycles. The smallest absolute Gasteiger partial charge is 0.290 e. The normalized spacial score (nSPS) is 20.7. The van der Waals surface area contributed by atoms with E-state index in [0.717, 1.165) is 13.1 Å². The summed E-state index contributed by atoms with van der Waals surface area (Å²) >= 11 is 0. The first-order valence-electron chi connectivity index (χ1n) is 5.63. The molecule has 1 aliphatic rings. The fourth-order valence-electron chi connectivity index (χ4n) is 1.86. The molecule has 16 heavy (non-hydrogen) atoms. The molecule has 88 valence electrons. The number of nitrogens with one attached hydrogen (secondary N) is 3. The number of H-pyrrole nitrogens is 1. The number of hydrogen-bond acceptors (Lipinski definition) is 4. The lowest BCUT2D eigenvalue weighted by Crippen LogP contribution is -2.38. The summed E-state index contributed by atoms with van der Waals surface area (Å²) < 4.78 is 0. The summed E-state index contributed by atoms with van der Waals surface area (Å²) in [5, 5.41) is 12.6. The maximum atomic E-state index is 11.6.